The van der Waals surface area contributed by atoms with Crippen LogP contribution in [0.3, 0.4) is 0 Å². The van der Waals surface area contributed by atoms with Crippen LogP contribution in [0.5, 0.6) is 0 Å². The van der Waals surface area contributed by atoms with Crippen LogP contribution < -0.4 is 0 Å². The highest BCUT2D eigenvalue weighted by Crippen LogP contribution is 2.52. The third-order valence-corrected chi connectivity index (χ3v) is 10.8. The fraction of sp³-hybridized carbons (Fsp3) is 0.571. The number of carbonyl (C=O) groups is 3. The van der Waals surface area contributed by atoms with Crippen molar-refractivity contribution in [2.24, 2.45) is 11.8 Å². The lowest BCUT2D eigenvalue weighted by atomic mass is 9.79. The fourth-order valence-electron chi connectivity index (χ4n) is 6.06. The van der Waals surface area contributed by atoms with Gasteiger partial charge >= 0.3 is 5.97 Å². The van der Waals surface area contributed by atoms with Crippen molar-refractivity contribution in [3.05, 3.63) is 50.5 Å². The molecular weight excluding hydrogens is 598 g/mol. The first-order chi connectivity index (χ1) is 20.4. The number of hydrogen-bond donors (Lipinski definition) is 2. The molecule has 1 aromatic carbocycles. The Balaban J connectivity index is 1.55. The number of hydrogen-bond acceptors (Lipinski definition) is 11. The summed E-state index contributed by atoms with van der Waals surface area (Å²) in [4.78, 5) is 53.7. The van der Waals surface area contributed by atoms with E-state index in [1.54, 1.807) is 12.1 Å². The van der Waals surface area contributed by atoms with Gasteiger partial charge in [0.15, 0.2) is 6.19 Å². The highest BCUT2D eigenvalue weighted by atomic mass is 32.2. The van der Waals surface area contributed by atoms with Crippen molar-refractivity contribution in [2.75, 3.05) is 26.1 Å². The minimum Gasteiger partial charge on any atom is -0.477 e. The minimum atomic E-state index is -1.20. The summed E-state index contributed by atoms with van der Waals surface area (Å²) in [6.45, 7) is 6.12. The van der Waals surface area contributed by atoms with Crippen molar-refractivity contribution in [1.29, 1.82) is 5.26 Å². The van der Waals surface area contributed by atoms with E-state index >= 15 is 0 Å². The molecule has 2 N–H and O–H groups in total. The quantitative estimate of drug-likeness (QED) is 0.107. The molecule has 3 aliphatic heterocycles. The predicted octanol–water partition coefficient (Wildman–Crippen LogP) is 2.46. The van der Waals surface area contributed by atoms with E-state index < -0.39 is 40.1 Å². The first kappa shape index (κ1) is 32.7. The molecule has 1 unspecified atom stereocenters. The Morgan fingerprint density at radius 3 is 2.56 bits per heavy atom. The Kier molecular flexibility index (Phi) is 10.4. The van der Waals surface area contributed by atoms with Gasteiger partial charge in [-0.2, -0.15) is 5.26 Å². The normalized spacial score (nSPS) is 26.5. The third-order valence-electron chi connectivity index (χ3n) is 8.11. The zero-order chi connectivity index (χ0) is 31.6. The number of nitrogens with zero attached hydrogens (tertiary/aromatic N) is 5. The van der Waals surface area contributed by atoms with Crippen molar-refractivity contribution in [3.8, 4) is 6.19 Å². The lowest BCUT2D eigenvalue weighted by molar-refractivity contribution is -0.384. The van der Waals surface area contributed by atoms with Crippen LogP contribution in [0.15, 0.2) is 34.9 Å². The smallest absolute Gasteiger partial charge is 0.353 e. The van der Waals surface area contributed by atoms with Crippen molar-refractivity contribution in [1.82, 2.24) is 14.7 Å². The monoisotopic (exact) mass is 633 g/mol. The number of carboxylic acid groups (broad SMARTS) is 1. The van der Waals surface area contributed by atoms with E-state index in [1.807, 2.05) is 24.9 Å². The molecule has 2 amide bonds. The Morgan fingerprint density at radius 1 is 1.33 bits per heavy atom. The van der Waals surface area contributed by atoms with Gasteiger partial charge in [-0.25, -0.2) is 4.79 Å². The Morgan fingerprint density at radius 2 is 2.00 bits per heavy atom. The maximum absolute atomic E-state index is 13.3. The summed E-state index contributed by atoms with van der Waals surface area (Å²) >= 11 is 2.82. The molecule has 0 spiro atoms. The van der Waals surface area contributed by atoms with Gasteiger partial charge in [0, 0.05) is 47.8 Å². The fourth-order valence-corrected chi connectivity index (χ4v) is 8.79. The van der Waals surface area contributed by atoms with E-state index in [9.17, 15) is 40.0 Å². The van der Waals surface area contributed by atoms with Crippen LogP contribution in [0.4, 0.5) is 5.69 Å². The van der Waals surface area contributed by atoms with Crippen LogP contribution in [0.1, 0.15) is 32.8 Å². The van der Waals surface area contributed by atoms with Crippen molar-refractivity contribution in [2.45, 2.75) is 62.5 Å². The molecular formula is C28H35N5O8S2. The largest absolute Gasteiger partial charge is 0.477 e. The summed E-state index contributed by atoms with van der Waals surface area (Å²) in [5.74, 6) is -2.24. The number of non-ortho nitro benzene ring substituents is 1. The maximum Gasteiger partial charge on any atom is 0.353 e. The SMILES string of the molecule is CCSC(C(=O)N(C)C#N)[C@@H]1C[C@H](SC2=C(C(=O)O)N3C(=O)[C@H]([C@@H](C)O)[C@H]3[C@H]2C)CN1COCc1ccc([N+](=O)[O-])cc1. The third kappa shape index (κ3) is 6.53. The molecule has 13 nitrogen and oxygen atoms in total. The summed E-state index contributed by atoms with van der Waals surface area (Å²) in [5.41, 5.74) is 0.670. The number of nitro benzene ring substituents is 1. The second kappa shape index (κ2) is 13.6. The number of carboxylic acids is 1. The van der Waals surface area contributed by atoms with Crippen LogP contribution >= 0.6 is 23.5 Å². The highest BCUT2D eigenvalue weighted by Gasteiger charge is 2.60. The Labute approximate surface area is 258 Å². The minimum absolute atomic E-state index is 0.0230. The molecule has 2 fully saturated rings. The molecule has 0 aromatic heterocycles. The zero-order valence-electron chi connectivity index (χ0n) is 24.3. The van der Waals surface area contributed by atoms with Gasteiger partial charge in [0.05, 0.1) is 36.3 Å². The van der Waals surface area contributed by atoms with Crippen molar-refractivity contribution < 1.29 is 34.3 Å². The molecule has 2 saturated heterocycles. The molecule has 0 bridgehead atoms. The van der Waals surface area contributed by atoms with Gasteiger partial charge in [0.1, 0.15) is 10.9 Å². The number of β-lactam (4-membered cyclic amide) rings is 1. The molecule has 3 aliphatic rings. The molecule has 43 heavy (non-hydrogen) atoms. The van der Waals surface area contributed by atoms with Gasteiger partial charge < -0.3 is 19.8 Å². The Bertz CT molecular complexity index is 1330. The van der Waals surface area contributed by atoms with Crippen LogP contribution in [0.25, 0.3) is 0 Å². The number of likely N-dealkylation sites (tertiary alicyclic amines) is 1. The summed E-state index contributed by atoms with van der Waals surface area (Å²) in [7, 11) is 1.42. The predicted molar refractivity (Wildman–Crippen MR) is 159 cm³/mol. The van der Waals surface area contributed by atoms with Crippen molar-refractivity contribution >= 4 is 47.0 Å². The van der Waals surface area contributed by atoms with E-state index in [0.29, 0.717) is 23.6 Å². The first-order valence-electron chi connectivity index (χ1n) is 13.9. The first-order valence-corrected chi connectivity index (χ1v) is 15.8. The number of fused-ring (bicyclic) bond motifs is 1. The number of amides is 2. The molecule has 0 aliphatic carbocycles. The molecule has 4 rings (SSSR count). The van der Waals surface area contributed by atoms with E-state index in [4.69, 9.17) is 4.74 Å². The number of carbonyl (C=O) groups excluding carboxylic acids is 2. The lowest BCUT2D eigenvalue weighted by Crippen LogP contribution is -2.63. The van der Waals surface area contributed by atoms with E-state index in [0.717, 1.165) is 10.5 Å². The molecule has 3 heterocycles. The number of aliphatic hydroxyl groups is 1. The summed E-state index contributed by atoms with van der Waals surface area (Å²) in [6, 6.07) is 5.30. The van der Waals surface area contributed by atoms with Crippen molar-refractivity contribution in [3.63, 3.8) is 0 Å². The van der Waals surface area contributed by atoms with Gasteiger partial charge in [0.2, 0.25) is 11.8 Å². The van der Waals surface area contributed by atoms with Crippen LogP contribution in [0.2, 0.25) is 0 Å². The molecule has 1 aromatic rings. The van der Waals surface area contributed by atoms with Crippen LogP contribution in [0, 0.1) is 33.4 Å². The van der Waals surface area contributed by atoms with Crippen LogP contribution in [-0.2, 0) is 25.7 Å². The van der Waals surface area contributed by atoms with Gasteiger partial charge in [-0.3, -0.25) is 29.5 Å². The molecule has 0 radical (unpaired) electrons. The van der Waals surface area contributed by atoms with Gasteiger partial charge in [-0.05, 0) is 36.8 Å². The topological polar surface area (TPSA) is 178 Å². The van der Waals surface area contributed by atoms with E-state index in [1.165, 1.54) is 54.5 Å². The maximum atomic E-state index is 13.3. The number of aliphatic hydroxyl groups excluding tert-OH is 1. The standard InChI is InChI=1S/C28H35N5O8S2/c1-5-42-25(27(36)30(4)13-29)20-10-19(11-31(20)14-41-12-17-6-8-18(9-7-17)33(39)40)43-24-15(2)22-21(16(3)34)26(35)32(22)23(24)28(37)38/h6-9,15-16,19-22,25,34H,5,10-12,14H2,1-4H3,(H,37,38)/t15-,16-,19+,20+,21-,22-,25?/m1/s1. The summed E-state index contributed by atoms with van der Waals surface area (Å²) in [6.07, 6.45) is 1.50. The zero-order valence-corrected chi connectivity index (χ0v) is 25.9. The molecule has 232 valence electrons. The van der Waals surface area contributed by atoms with Gasteiger partial charge in [-0.1, -0.05) is 13.8 Å². The molecule has 0 saturated carbocycles. The average Bonchev–Trinajstić information content (AvgIpc) is 3.47. The highest BCUT2D eigenvalue weighted by molar-refractivity contribution is 8.03. The average molecular weight is 634 g/mol. The molecule has 15 heteroatoms. The number of rotatable bonds is 13. The number of aliphatic carboxylic acids is 1. The number of nitro groups is 1. The summed E-state index contributed by atoms with van der Waals surface area (Å²) in [5, 5.41) is 39.9. The van der Waals surface area contributed by atoms with E-state index in [2.05, 4.69) is 0 Å². The number of nitriles is 1. The van der Waals surface area contributed by atoms with Gasteiger partial charge in [0.25, 0.3) is 5.69 Å². The number of thioether (sulfide) groups is 2. The van der Waals surface area contributed by atoms with E-state index in [-0.39, 0.29) is 47.8 Å². The second-order valence-electron chi connectivity index (χ2n) is 10.9. The second-order valence-corrected chi connectivity index (χ2v) is 13.6. The Hall–Kier alpha value is -3.16. The van der Waals surface area contributed by atoms with Gasteiger partial charge in [-0.15, -0.1) is 23.5 Å². The number of ether oxygens (including phenoxy) is 1. The number of benzene rings is 1. The lowest BCUT2D eigenvalue weighted by Gasteiger charge is -2.46. The molecule has 7 atom stereocenters. The summed E-state index contributed by atoms with van der Waals surface area (Å²) < 4.78 is 5.99. The van der Waals surface area contributed by atoms with Crippen LogP contribution in [-0.4, -0.2) is 102 Å².